The van der Waals surface area contributed by atoms with Gasteiger partial charge in [-0.3, -0.25) is 4.72 Å². The fourth-order valence-corrected chi connectivity index (χ4v) is 4.03. The number of anilines is 2. The van der Waals surface area contributed by atoms with Gasteiger partial charge in [-0.2, -0.15) is 0 Å². The third-order valence-corrected chi connectivity index (χ3v) is 5.63. The zero-order valence-electron chi connectivity index (χ0n) is 14.3. The van der Waals surface area contributed by atoms with Crippen LogP contribution in [0.25, 0.3) is 22.0 Å². The molecule has 0 unspecified atom stereocenters. The quantitative estimate of drug-likeness (QED) is 0.557. The molecule has 0 aliphatic carbocycles. The number of fused-ring (bicyclic) bond motifs is 1. The van der Waals surface area contributed by atoms with Gasteiger partial charge in [-0.25, -0.2) is 13.4 Å². The lowest BCUT2D eigenvalue weighted by molar-refractivity contribution is 0.601. The fourth-order valence-electron chi connectivity index (χ4n) is 2.99. The summed E-state index contributed by atoms with van der Waals surface area (Å²) < 4.78 is 28.3. The van der Waals surface area contributed by atoms with E-state index < -0.39 is 10.0 Å². The van der Waals surface area contributed by atoms with Crippen LogP contribution in [-0.4, -0.2) is 13.4 Å². The van der Waals surface area contributed by atoms with Crippen molar-refractivity contribution in [1.82, 2.24) is 4.98 Å². The number of rotatable bonds is 4. The summed E-state index contributed by atoms with van der Waals surface area (Å²) in [5.41, 5.74) is 8.90. The highest BCUT2D eigenvalue weighted by Gasteiger charge is 2.20. The van der Waals surface area contributed by atoms with E-state index in [4.69, 9.17) is 5.73 Å². The van der Waals surface area contributed by atoms with Crippen LogP contribution in [0.5, 0.6) is 0 Å². The second kappa shape index (κ2) is 6.74. The lowest BCUT2D eigenvalue weighted by Crippen LogP contribution is -2.15. The van der Waals surface area contributed by atoms with Crippen LogP contribution in [0.2, 0.25) is 0 Å². The number of aromatic nitrogens is 1. The number of pyridine rings is 1. The first-order valence-corrected chi connectivity index (χ1v) is 9.86. The molecule has 27 heavy (non-hydrogen) atoms. The molecule has 0 bridgehead atoms. The maximum Gasteiger partial charge on any atom is 0.263 e. The van der Waals surface area contributed by atoms with E-state index in [2.05, 4.69) is 9.71 Å². The Balaban J connectivity index is 1.94. The third-order valence-electron chi connectivity index (χ3n) is 4.28. The standard InChI is InChI=1S/C21H17N3O2S/c22-20-17-13-7-8-14-18(17)23-21(19(20)15-9-3-1-4-10-15)24-27(25,26)16-11-5-2-6-12-16/h1-14H,(H3,22,23,24). The smallest absolute Gasteiger partial charge is 0.263 e. The molecule has 3 aromatic carbocycles. The van der Waals surface area contributed by atoms with Gasteiger partial charge in [-0.05, 0) is 23.8 Å². The Morgan fingerprint density at radius 1 is 0.778 bits per heavy atom. The summed E-state index contributed by atoms with van der Waals surface area (Å²) in [7, 11) is -3.80. The van der Waals surface area contributed by atoms with Crippen LogP contribution in [0.4, 0.5) is 11.5 Å². The fraction of sp³-hybridized carbons (Fsp3) is 0. The van der Waals surface area contributed by atoms with E-state index in [0.717, 1.165) is 10.9 Å². The molecular weight excluding hydrogens is 358 g/mol. The summed E-state index contributed by atoms with van der Waals surface area (Å²) in [6.45, 7) is 0. The molecule has 0 saturated heterocycles. The maximum absolute atomic E-state index is 12.8. The summed E-state index contributed by atoms with van der Waals surface area (Å²) in [5.74, 6) is 0.209. The number of nitrogen functional groups attached to an aromatic ring is 1. The first kappa shape index (κ1) is 17.1. The molecule has 134 valence electrons. The molecule has 0 fully saturated rings. The number of hydrogen-bond donors (Lipinski definition) is 2. The van der Waals surface area contributed by atoms with Gasteiger partial charge >= 0.3 is 0 Å². The predicted molar refractivity (Wildman–Crippen MR) is 109 cm³/mol. The zero-order valence-corrected chi connectivity index (χ0v) is 15.1. The zero-order chi connectivity index (χ0) is 18.9. The van der Waals surface area contributed by atoms with Crippen molar-refractivity contribution in [3.8, 4) is 11.1 Å². The minimum atomic E-state index is -3.80. The van der Waals surface area contributed by atoms with Crippen molar-refractivity contribution in [2.45, 2.75) is 4.90 Å². The van der Waals surface area contributed by atoms with Crippen molar-refractivity contribution >= 4 is 32.4 Å². The summed E-state index contributed by atoms with van der Waals surface area (Å²) in [6.07, 6.45) is 0. The monoisotopic (exact) mass is 375 g/mol. The largest absolute Gasteiger partial charge is 0.398 e. The average Bonchev–Trinajstić information content (AvgIpc) is 2.69. The number of hydrogen-bond acceptors (Lipinski definition) is 4. The van der Waals surface area contributed by atoms with Crippen LogP contribution in [0.1, 0.15) is 0 Å². The van der Waals surface area contributed by atoms with Gasteiger partial charge in [0.2, 0.25) is 0 Å². The molecule has 0 aliphatic heterocycles. The SMILES string of the molecule is Nc1c(-c2ccccc2)c(NS(=O)(=O)c2ccccc2)nc2ccccc12. The van der Waals surface area contributed by atoms with Crippen LogP contribution in [0, 0.1) is 0 Å². The Hall–Kier alpha value is -3.38. The summed E-state index contributed by atoms with van der Waals surface area (Å²) in [6, 6.07) is 25.0. The lowest BCUT2D eigenvalue weighted by Gasteiger charge is -2.16. The number of benzene rings is 3. The second-order valence-electron chi connectivity index (χ2n) is 6.05. The number of nitrogens with two attached hydrogens (primary N) is 1. The first-order valence-electron chi connectivity index (χ1n) is 8.38. The Labute approximate surface area is 157 Å². The molecule has 4 rings (SSSR count). The van der Waals surface area contributed by atoms with Crippen LogP contribution in [-0.2, 0) is 10.0 Å². The molecule has 5 nitrogen and oxygen atoms in total. The minimum Gasteiger partial charge on any atom is -0.398 e. The Morgan fingerprint density at radius 2 is 1.37 bits per heavy atom. The molecule has 1 heterocycles. The van der Waals surface area contributed by atoms with Crippen LogP contribution in [0.15, 0.2) is 89.8 Å². The third kappa shape index (κ3) is 3.22. The van der Waals surface area contributed by atoms with Crippen molar-refractivity contribution in [3.05, 3.63) is 84.9 Å². The van der Waals surface area contributed by atoms with Crippen molar-refractivity contribution in [1.29, 1.82) is 0 Å². The molecule has 3 N–H and O–H groups in total. The van der Waals surface area contributed by atoms with E-state index in [-0.39, 0.29) is 10.7 Å². The second-order valence-corrected chi connectivity index (χ2v) is 7.73. The number of nitrogens with zero attached hydrogens (tertiary/aromatic N) is 1. The Morgan fingerprint density at radius 3 is 2.07 bits per heavy atom. The number of nitrogens with one attached hydrogen (secondary N) is 1. The van der Waals surface area contributed by atoms with Crippen molar-refractivity contribution in [2.75, 3.05) is 10.5 Å². The van der Waals surface area contributed by atoms with Gasteiger partial charge in [-0.15, -0.1) is 0 Å². The number of sulfonamides is 1. The summed E-state index contributed by atoms with van der Waals surface area (Å²) >= 11 is 0. The van der Waals surface area contributed by atoms with Crippen molar-refractivity contribution in [2.24, 2.45) is 0 Å². The minimum absolute atomic E-state index is 0.164. The lowest BCUT2D eigenvalue weighted by atomic mass is 10.0. The topological polar surface area (TPSA) is 85.1 Å². The van der Waals surface area contributed by atoms with Crippen LogP contribution < -0.4 is 10.5 Å². The van der Waals surface area contributed by atoms with Gasteiger partial charge in [0, 0.05) is 10.9 Å². The van der Waals surface area contributed by atoms with Crippen LogP contribution in [0.3, 0.4) is 0 Å². The predicted octanol–water partition coefficient (Wildman–Crippen LogP) is 4.28. The molecule has 0 atom stereocenters. The molecule has 0 radical (unpaired) electrons. The van der Waals surface area contributed by atoms with Crippen LogP contribution >= 0.6 is 0 Å². The van der Waals surface area contributed by atoms with Crippen molar-refractivity contribution < 1.29 is 8.42 Å². The van der Waals surface area contributed by atoms with Gasteiger partial charge in [0.25, 0.3) is 10.0 Å². The normalized spacial score (nSPS) is 11.4. The first-order chi connectivity index (χ1) is 13.1. The van der Waals surface area contributed by atoms with E-state index in [1.165, 1.54) is 12.1 Å². The van der Waals surface area contributed by atoms with Gasteiger partial charge in [0.1, 0.15) is 5.82 Å². The average molecular weight is 375 g/mol. The molecule has 4 aromatic rings. The van der Waals surface area contributed by atoms with Gasteiger partial charge in [0.05, 0.1) is 16.1 Å². The summed E-state index contributed by atoms with van der Waals surface area (Å²) in [5, 5.41) is 0.777. The van der Waals surface area contributed by atoms with E-state index in [9.17, 15) is 8.42 Å². The highest BCUT2D eigenvalue weighted by molar-refractivity contribution is 7.92. The highest BCUT2D eigenvalue weighted by Crippen LogP contribution is 2.37. The van der Waals surface area contributed by atoms with Gasteiger partial charge in [0.15, 0.2) is 0 Å². The molecule has 0 amide bonds. The maximum atomic E-state index is 12.8. The molecule has 0 spiro atoms. The molecule has 0 aliphatic rings. The van der Waals surface area contributed by atoms with Gasteiger partial charge < -0.3 is 5.73 Å². The molecule has 1 aromatic heterocycles. The molecule has 0 saturated carbocycles. The van der Waals surface area contributed by atoms with E-state index in [1.807, 2.05) is 48.5 Å². The van der Waals surface area contributed by atoms with Gasteiger partial charge in [-0.1, -0.05) is 66.7 Å². The van der Waals surface area contributed by atoms with E-state index in [0.29, 0.717) is 16.8 Å². The number of para-hydroxylation sites is 1. The van der Waals surface area contributed by atoms with Crippen molar-refractivity contribution in [3.63, 3.8) is 0 Å². The highest BCUT2D eigenvalue weighted by atomic mass is 32.2. The van der Waals surface area contributed by atoms with E-state index >= 15 is 0 Å². The van der Waals surface area contributed by atoms with E-state index in [1.54, 1.807) is 24.3 Å². The summed E-state index contributed by atoms with van der Waals surface area (Å²) in [4.78, 5) is 4.72. The Bertz CT molecular complexity index is 1210. The molecular formula is C21H17N3O2S. The Kier molecular flexibility index (Phi) is 4.25. The molecule has 6 heteroatoms.